The summed E-state index contributed by atoms with van der Waals surface area (Å²) in [5.74, 6) is 0.691. The molecule has 18 heavy (non-hydrogen) atoms. The van der Waals surface area contributed by atoms with Gasteiger partial charge in [0.2, 0.25) is 0 Å². The minimum absolute atomic E-state index is 0.335. The van der Waals surface area contributed by atoms with Crippen molar-refractivity contribution in [2.45, 2.75) is 27.2 Å². The van der Waals surface area contributed by atoms with Crippen molar-refractivity contribution in [3.8, 4) is 0 Å². The van der Waals surface area contributed by atoms with Crippen molar-refractivity contribution >= 4 is 27.9 Å². The number of hydrogen-bond acceptors (Lipinski definition) is 2. The molecule has 3 heteroatoms. The number of carbonyl (C=O) groups is 1. The van der Waals surface area contributed by atoms with Crippen molar-refractivity contribution < 1.29 is 4.79 Å². The van der Waals surface area contributed by atoms with Gasteiger partial charge in [0, 0.05) is 28.8 Å². The van der Waals surface area contributed by atoms with Gasteiger partial charge in [-0.25, -0.2) is 0 Å². The zero-order valence-corrected chi connectivity index (χ0v) is 12.8. The van der Waals surface area contributed by atoms with E-state index in [1.807, 2.05) is 12.1 Å². The van der Waals surface area contributed by atoms with Gasteiger partial charge in [-0.05, 0) is 36.0 Å². The number of hydrogen-bond donors (Lipinski definition) is 0. The first kappa shape index (κ1) is 13.6. The van der Waals surface area contributed by atoms with Crippen molar-refractivity contribution in [2.75, 3.05) is 18.0 Å². The first-order valence-electron chi connectivity index (χ1n) is 6.41. The number of nitrogens with zero attached hydrogens (tertiary/aromatic N) is 1. The van der Waals surface area contributed by atoms with Crippen LogP contribution in [0.1, 0.15) is 37.6 Å². The third-order valence-electron chi connectivity index (χ3n) is 3.87. The summed E-state index contributed by atoms with van der Waals surface area (Å²) in [6, 6.07) is 5.86. The molecule has 1 atom stereocenters. The smallest absolute Gasteiger partial charge is 0.152 e. The third-order valence-corrected chi connectivity index (χ3v) is 4.37. The molecule has 1 aromatic carbocycles. The molecule has 0 spiro atoms. The fourth-order valence-corrected chi connectivity index (χ4v) is 2.93. The van der Waals surface area contributed by atoms with Crippen LogP contribution in [-0.2, 0) is 0 Å². The van der Waals surface area contributed by atoms with Crippen LogP contribution in [0.4, 0.5) is 5.69 Å². The molecule has 2 nitrogen and oxygen atoms in total. The molecule has 0 bridgehead atoms. The van der Waals surface area contributed by atoms with Crippen LogP contribution in [0, 0.1) is 11.3 Å². The Morgan fingerprint density at radius 1 is 1.39 bits per heavy atom. The zero-order chi connectivity index (χ0) is 13.3. The molecule has 1 aromatic rings. The lowest BCUT2D eigenvalue weighted by Gasteiger charge is -2.28. The fourth-order valence-electron chi connectivity index (χ4n) is 2.58. The molecular formula is C15H20BrNO. The van der Waals surface area contributed by atoms with Crippen LogP contribution in [0.5, 0.6) is 0 Å². The lowest BCUT2D eigenvalue weighted by atomic mass is 9.80. The van der Waals surface area contributed by atoms with Gasteiger partial charge in [0.25, 0.3) is 0 Å². The highest BCUT2D eigenvalue weighted by Gasteiger charge is 2.32. The van der Waals surface area contributed by atoms with Crippen LogP contribution >= 0.6 is 15.9 Å². The molecular weight excluding hydrogens is 290 g/mol. The largest absolute Gasteiger partial charge is 0.371 e. The summed E-state index contributed by atoms with van der Waals surface area (Å²) in [5.41, 5.74) is 2.18. The summed E-state index contributed by atoms with van der Waals surface area (Å²) >= 11 is 3.48. The Bertz CT molecular complexity index is 450. The van der Waals surface area contributed by atoms with E-state index in [9.17, 15) is 4.79 Å². The molecule has 1 heterocycles. The summed E-state index contributed by atoms with van der Waals surface area (Å²) in [4.78, 5) is 13.5. The average molecular weight is 310 g/mol. The predicted octanol–water partition coefficient (Wildman–Crippen LogP) is 4.13. The predicted molar refractivity (Wildman–Crippen MR) is 79.3 cm³/mol. The maximum absolute atomic E-state index is 11.1. The molecule has 0 aliphatic carbocycles. The number of aldehydes is 1. The first-order chi connectivity index (χ1) is 8.41. The normalized spacial score (nSPS) is 20.2. The van der Waals surface area contributed by atoms with E-state index in [0.29, 0.717) is 11.3 Å². The number of benzene rings is 1. The first-order valence-corrected chi connectivity index (χ1v) is 7.21. The van der Waals surface area contributed by atoms with E-state index in [1.165, 1.54) is 6.42 Å². The second kappa shape index (κ2) is 5.04. The van der Waals surface area contributed by atoms with E-state index < -0.39 is 0 Å². The van der Waals surface area contributed by atoms with Gasteiger partial charge in [-0.3, -0.25) is 4.79 Å². The van der Waals surface area contributed by atoms with Gasteiger partial charge < -0.3 is 4.90 Å². The van der Waals surface area contributed by atoms with Crippen molar-refractivity contribution in [3.05, 3.63) is 28.2 Å². The highest BCUT2D eigenvalue weighted by atomic mass is 79.9. The summed E-state index contributed by atoms with van der Waals surface area (Å²) < 4.78 is 1.03. The molecule has 1 aliphatic heterocycles. The molecule has 1 aliphatic rings. The van der Waals surface area contributed by atoms with E-state index in [0.717, 1.165) is 35.1 Å². The van der Waals surface area contributed by atoms with Crippen LogP contribution in [0.2, 0.25) is 0 Å². The zero-order valence-electron chi connectivity index (χ0n) is 11.2. The van der Waals surface area contributed by atoms with E-state index in [4.69, 9.17) is 0 Å². The molecule has 2 rings (SSSR count). The lowest BCUT2D eigenvalue weighted by Crippen LogP contribution is -2.26. The topological polar surface area (TPSA) is 20.3 Å². The standard InChI is InChI=1S/C15H20BrNO/c1-15(2,3)12-6-7-17(9-12)14-8-13(16)5-4-11(14)10-18/h4-5,8,10,12H,6-7,9H2,1-3H3. The molecule has 0 aromatic heterocycles. The summed E-state index contributed by atoms with van der Waals surface area (Å²) in [5, 5.41) is 0. The molecule has 1 fully saturated rings. The Kier molecular flexibility index (Phi) is 3.81. The second-order valence-corrected chi connectivity index (χ2v) is 7.03. The van der Waals surface area contributed by atoms with Crippen LogP contribution < -0.4 is 4.90 Å². The van der Waals surface area contributed by atoms with Crippen molar-refractivity contribution in [1.82, 2.24) is 0 Å². The number of anilines is 1. The van der Waals surface area contributed by atoms with E-state index in [1.54, 1.807) is 0 Å². The minimum Gasteiger partial charge on any atom is -0.371 e. The quantitative estimate of drug-likeness (QED) is 0.765. The van der Waals surface area contributed by atoms with Crippen LogP contribution in [0.15, 0.2) is 22.7 Å². The molecule has 98 valence electrons. The molecule has 0 N–H and O–H groups in total. The number of halogens is 1. The van der Waals surface area contributed by atoms with Crippen molar-refractivity contribution in [3.63, 3.8) is 0 Å². The van der Waals surface area contributed by atoms with Crippen LogP contribution in [0.25, 0.3) is 0 Å². The minimum atomic E-state index is 0.335. The summed E-state index contributed by atoms with van der Waals surface area (Å²) in [7, 11) is 0. The monoisotopic (exact) mass is 309 g/mol. The molecule has 1 unspecified atom stereocenters. The van der Waals surface area contributed by atoms with Gasteiger partial charge in [0.1, 0.15) is 0 Å². The van der Waals surface area contributed by atoms with E-state index >= 15 is 0 Å². The maximum Gasteiger partial charge on any atom is 0.152 e. The fraction of sp³-hybridized carbons (Fsp3) is 0.533. The summed E-state index contributed by atoms with van der Waals surface area (Å²) in [6.07, 6.45) is 2.15. The SMILES string of the molecule is CC(C)(C)C1CCN(c2cc(Br)ccc2C=O)C1. The molecule has 0 amide bonds. The van der Waals surface area contributed by atoms with Crippen molar-refractivity contribution in [2.24, 2.45) is 11.3 Å². The van der Waals surface area contributed by atoms with Gasteiger partial charge in [-0.1, -0.05) is 36.7 Å². The van der Waals surface area contributed by atoms with Gasteiger partial charge in [0.15, 0.2) is 6.29 Å². The number of carbonyl (C=O) groups excluding carboxylic acids is 1. The Labute approximate surface area is 117 Å². The highest BCUT2D eigenvalue weighted by Crippen LogP contribution is 2.37. The van der Waals surface area contributed by atoms with Gasteiger partial charge >= 0.3 is 0 Å². The van der Waals surface area contributed by atoms with Crippen LogP contribution in [0.3, 0.4) is 0 Å². The molecule has 1 saturated heterocycles. The second-order valence-electron chi connectivity index (χ2n) is 6.12. The lowest BCUT2D eigenvalue weighted by molar-refractivity contribution is 0.112. The Morgan fingerprint density at radius 3 is 2.67 bits per heavy atom. The Balaban J connectivity index is 2.24. The Morgan fingerprint density at radius 2 is 2.11 bits per heavy atom. The van der Waals surface area contributed by atoms with Crippen molar-refractivity contribution in [1.29, 1.82) is 0 Å². The molecule has 0 saturated carbocycles. The molecule has 0 radical (unpaired) electrons. The van der Waals surface area contributed by atoms with Gasteiger partial charge in [0.05, 0.1) is 0 Å². The number of rotatable bonds is 2. The highest BCUT2D eigenvalue weighted by molar-refractivity contribution is 9.10. The summed E-state index contributed by atoms with van der Waals surface area (Å²) in [6.45, 7) is 8.97. The third kappa shape index (κ3) is 2.77. The van der Waals surface area contributed by atoms with E-state index in [2.05, 4.69) is 47.7 Å². The van der Waals surface area contributed by atoms with Crippen LogP contribution in [-0.4, -0.2) is 19.4 Å². The average Bonchev–Trinajstić information content (AvgIpc) is 2.77. The van der Waals surface area contributed by atoms with Gasteiger partial charge in [-0.15, -0.1) is 0 Å². The Hall–Kier alpha value is -0.830. The van der Waals surface area contributed by atoms with Gasteiger partial charge in [-0.2, -0.15) is 0 Å². The van der Waals surface area contributed by atoms with E-state index in [-0.39, 0.29) is 0 Å². The maximum atomic E-state index is 11.1.